The summed E-state index contributed by atoms with van der Waals surface area (Å²) in [5.74, 6) is 0. The lowest BCUT2D eigenvalue weighted by molar-refractivity contribution is 0.826. The Hall–Kier alpha value is -0.760. The summed E-state index contributed by atoms with van der Waals surface area (Å²) in [4.78, 5) is 4.00. The van der Waals surface area contributed by atoms with Gasteiger partial charge in [0, 0.05) is 12.7 Å². The molecule has 0 bridgehead atoms. The molecular weight excluding hydrogens is 160 g/mol. The molecule has 0 unspecified atom stereocenters. The van der Waals surface area contributed by atoms with Gasteiger partial charge < -0.3 is 5.32 Å². The highest BCUT2D eigenvalue weighted by atomic mass is 35.5. The average molecular weight is 169 g/mol. The minimum absolute atomic E-state index is 0.599. The zero-order valence-corrected chi connectivity index (χ0v) is 6.86. The van der Waals surface area contributed by atoms with E-state index in [1.54, 1.807) is 6.20 Å². The molecule has 2 rings (SSSR count). The first-order chi connectivity index (χ1) is 5.38. The SMILES string of the molecule is Clc1nccc2c1NCCC2. The third kappa shape index (κ3) is 1.18. The first kappa shape index (κ1) is 6.92. The van der Waals surface area contributed by atoms with Gasteiger partial charge in [-0.05, 0) is 24.5 Å². The average Bonchev–Trinajstić information content (AvgIpc) is 2.06. The molecule has 2 nitrogen and oxygen atoms in total. The molecule has 0 saturated heterocycles. The maximum absolute atomic E-state index is 5.87. The Morgan fingerprint density at radius 2 is 2.45 bits per heavy atom. The van der Waals surface area contributed by atoms with Crippen LogP contribution < -0.4 is 5.32 Å². The molecule has 0 aliphatic carbocycles. The fourth-order valence-corrected chi connectivity index (χ4v) is 1.60. The van der Waals surface area contributed by atoms with Crippen molar-refractivity contribution >= 4 is 17.3 Å². The van der Waals surface area contributed by atoms with Gasteiger partial charge in [-0.25, -0.2) is 4.98 Å². The summed E-state index contributed by atoms with van der Waals surface area (Å²) >= 11 is 5.87. The van der Waals surface area contributed by atoms with Crippen LogP contribution in [0.15, 0.2) is 12.3 Å². The minimum Gasteiger partial charge on any atom is -0.382 e. The van der Waals surface area contributed by atoms with Crippen molar-refractivity contribution in [2.24, 2.45) is 0 Å². The Labute approximate surface area is 70.6 Å². The molecule has 0 radical (unpaired) electrons. The molecule has 1 aliphatic heterocycles. The summed E-state index contributed by atoms with van der Waals surface area (Å²) in [5.41, 5.74) is 2.32. The number of rotatable bonds is 0. The van der Waals surface area contributed by atoms with Gasteiger partial charge in [-0.2, -0.15) is 0 Å². The number of pyridine rings is 1. The lowest BCUT2D eigenvalue weighted by Crippen LogP contribution is -2.12. The quantitative estimate of drug-likeness (QED) is 0.601. The molecule has 3 heteroatoms. The van der Waals surface area contributed by atoms with Crippen molar-refractivity contribution in [3.63, 3.8) is 0 Å². The zero-order valence-electron chi connectivity index (χ0n) is 6.10. The molecule has 11 heavy (non-hydrogen) atoms. The van der Waals surface area contributed by atoms with Crippen LogP contribution in [0.5, 0.6) is 0 Å². The number of fused-ring (bicyclic) bond motifs is 1. The number of halogens is 1. The van der Waals surface area contributed by atoms with Crippen LogP contribution in [0.1, 0.15) is 12.0 Å². The second-order valence-corrected chi connectivity index (χ2v) is 3.02. The van der Waals surface area contributed by atoms with Gasteiger partial charge in [0.05, 0.1) is 5.69 Å². The van der Waals surface area contributed by atoms with Gasteiger partial charge in [0.25, 0.3) is 0 Å². The molecule has 1 N–H and O–H groups in total. The van der Waals surface area contributed by atoms with Gasteiger partial charge >= 0.3 is 0 Å². The van der Waals surface area contributed by atoms with E-state index in [2.05, 4.69) is 10.3 Å². The summed E-state index contributed by atoms with van der Waals surface area (Å²) in [5, 5.41) is 3.84. The second kappa shape index (κ2) is 2.70. The van der Waals surface area contributed by atoms with E-state index in [4.69, 9.17) is 11.6 Å². The lowest BCUT2D eigenvalue weighted by Gasteiger charge is -2.17. The smallest absolute Gasteiger partial charge is 0.152 e. The van der Waals surface area contributed by atoms with E-state index >= 15 is 0 Å². The first-order valence-electron chi connectivity index (χ1n) is 3.75. The van der Waals surface area contributed by atoms with E-state index in [9.17, 15) is 0 Å². The van der Waals surface area contributed by atoms with Gasteiger partial charge in [-0.3, -0.25) is 0 Å². The van der Waals surface area contributed by atoms with E-state index in [-0.39, 0.29) is 0 Å². The Balaban J connectivity index is 2.49. The van der Waals surface area contributed by atoms with Crippen LogP contribution in [-0.4, -0.2) is 11.5 Å². The van der Waals surface area contributed by atoms with Crippen LogP contribution in [0.2, 0.25) is 5.15 Å². The molecule has 0 fully saturated rings. The molecule has 58 valence electrons. The van der Waals surface area contributed by atoms with Gasteiger partial charge in [0.2, 0.25) is 0 Å². The van der Waals surface area contributed by atoms with Crippen molar-refractivity contribution in [2.45, 2.75) is 12.8 Å². The Morgan fingerprint density at radius 1 is 1.55 bits per heavy atom. The predicted molar refractivity (Wildman–Crippen MR) is 46.1 cm³/mol. The van der Waals surface area contributed by atoms with Crippen LogP contribution in [0, 0.1) is 0 Å². The van der Waals surface area contributed by atoms with Crippen LogP contribution in [0.4, 0.5) is 5.69 Å². The van der Waals surface area contributed by atoms with Crippen molar-refractivity contribution in [3.8, 4) is 0 Å². The molecule has 0 saturated carbocycles. The minimum atomic E-state index is 0.599. The molecular formula is C8H9ClN2. The molecule has 0 atom stereocenters. The Morgan fingerprint density at radius 3 is 3.27 bits per heavy atom. The van der Waals surface area contributed by atoms with Crippen molar-refractivity contribution in [2.75, 3.05) is 11.9 Å². The zero-order chi connectivity index (χ0) is 7.68. The number of hydrogen-bond donors (Lipinski definition) is 1. The normalized spacial score (nSPS) is 15.4. The number of hydrogen-bond acceptors (Lipinski definition) is 2. The first-order valence-corrected chi connectivity index (χ1v) is 4.13. The van der Waals surface area contributed by atoms with Gasteiger partial charge in [0.1, 0.15) is 0 Å². The third-order valence-electron chi connectivity index (χ3n) is 1.92. The van der Waals surface area contributed by atoms with E-state index in [0.29, 0.717) is 5.15 Å². The maximum atomic E-state index is 5.87. The Bertz CT molecular complexity index is 273. The van der Waals surface area contributed by atoms with E-state index in [1.807, 2.05) is 6.07 Å². The summed E-state index contributed by atoms with van der Waals surface area (Å²) in [7, 11) is 0. The van der Waals surface area contributed by atoms with Gasteiger partial charge in [-0.15, -0.1) is 0 Å². The number of aromatic nitrogens is 1. The highest BCUT2D eigenvalue weighted by Crippen LogP contribution is 2.27. The standard InChI is InChI=1S/C8H9ClN2/c9-8-7-6(3-5-11-8)2-1-4-10-7/h3,5,10H,1-2,4H2. The molecule has 2 heterocycles. The monoisotopic (exact) mass is 168 g/mol. The van der Waals surface area contributed by atoms with Crippen molar-refractivity contribution < 1.29 is 0 Å². The second-order valence-electron chi connectivity index (χ2n) is 2.67. The molecule has 0 spiro atoms. The Kier molecular flexibility index (Phi) is 1.70. The fourth-order valence-electron chi connectivity index (χ4n) is 1.36. The molecule has 1 aliphatic rings. The van der Waals surface area contributed by atoms with E-state index in [1.165, 1.54) is 12.0 Å². The van der Waals surface area contributed by atoms with E-state index < -0.39 is 0 Å². The summed E-state index contributed by atoms with van der Waals surface area (Å²) in [6.07, 6.45) is 4.06. The number of anilines is 1. The topological polar surface area (TPSA) is 24.9 Å². The molecule has 0 amide bonds. The van der Waals surface area contributed by atoms with Crippen LogP contribution in [0.3, 0.4) is 0 Å². The van der Waals surface area contributed by atoms with Crippen molar-refractivity contribution in [3.05, 3.63) is 23.0 Å². The van der Waals surface area contributed by atoms with E-state index in [0.717, 1.165) is 18.7 Å². The number of nitrogens with zero attached hydrogens (tertiary/aromatic N) is 1. The lowest BCUT2D eigenvalue weighted by atomic mass is 10.1. The van der Waals surface area contributed by atoms with Crippen molar-refractivity contribution in [1.82, 2.24) is 4.98 Å². The highest BCUT2D eigenvalue weighted by Gasteiger charge is 2.10. The van der Waals surface area contributed by atoms with Crippen LogP contribution in [-0.2, 0) is 6.42 Å². The largest absolute Gasteiger partial charge is 0.382 e. The maximum Gasteiger partial charge on any atom is 0.152 e. The third-order valence-corrected chi connectivity index (χ3v) is 2.20. The number of aryl methyl sites for hydroxylation is 1. The molecule has 1 aromatic rings. The summed E-state index contributed by atoms with van der Waals surface area (Å²) < 4.78 is 0. The van der Waals surface area contributed by atoms with Crippen molar-refractivity contribution in [1.29, 1.82) is 0 Å². The molecule has 0 aromatic carbocycles. The van der Waals surface area contributed by atoms with Crippen LogP contribution >= 0.6 is 11.6 Å². The molecule has 1 aromatic heterocycles. The fraction of sp³-hybridized carbons (Fsp3) is 0.375. The summed E-state index contributed by atoms with van der Waals surface area (Å²) in [6, 6.07) is 2.02. The van der Waals surface area contributed by atoms with Crippen LogP contribution in [0.25, 0.3) is 0 Å². The van der Waals surface area contributed by atoms with Gasteiger partial charge in [-0.1, -0.05) is 11.6 Å². The highest BCUT2D eigenvalue weighted by molar-refractivity contribution is 6.32. The number of nitrogens with one attached hydrogen (secondary N) is 1. The predicted octanol–water partition coefficient (Wildman–Crippen LogP) is 2.09. The van der Waals surface area contributed by atoms with Gasteiger partial charge in [0.15, 0.2) is 5.15 Å². The summed E-state index contributed by atoms with van der Waals surface area (Å²) in [6.45, 7) is 1.01.